The Labute approximate surface area is 174 Å². The minimum Gasteiger partial charge on any atom is -0.504 e. The monoisotopic (exact) mass is 424 g/mol. The summed E-state index contributed by atoms with van der Waals surface area (Å²) in [5.41, 5.74) is -1.52. The van der Waals surface area contributed by atoms with E-state index in [1.54, 1.807) is 6.07 Å². The zero-order valence-electron chi connectivity index (χ0n) is 17.0. The van der Waals surface area contributed by atoms with Crippen LogP contribution in [-0.4, -0.2) is 70.0 Å². The summed E-state index contributed by atoms with van der Waals surface area (Å²) in [4.78, 5) is 24.4. The average molecular weight is 424 g/mol. The van der Waals surface area contributed by atoms with Crippen LogP contribution in [0.1, 0.15) is 38.2 Å². The van der Waals surface area contributed by atoms with Gasteiger partial charge in [-0.2, -0.15) is 0 Å². The molecule has 0 spiro atoms. The van der Waals surface area contributed by atoms with Crippen molar-refractivity contribution in [1.29, 1.82) is 0 Å². The zero-order valence-corrected chi connectivity index (χ0v) is 17.0. The smallest absolute Gasteiger partial charge is 0.338 e. The first-order valence-electron chi connectivity index (χ1n) is 9.71. The number of ether oxygens (including phenoxy) is 3. The number of carbonyl (C=O) groups is 2. The van der Waals surface area contributed by atoms with Gasteiger partial charge >= 0.3 is 11.9 Å². The third-order valence-corrected chi connectivity index (χ3v) is 4.86. The lowest BCUT2D eigenvalue weighted by Crippen LogP contribution is -2.57. The van der Waals surface area contributed by atoms with Gasteiger partial charge in [-0.15, -0.1) is 0 Å². The second-order valence-corrected chi connectivity index (χ2v) is 7.23. The molecule has 4 unspecified atom stereocenters. The molecule has 1 aromatic rings. The number of aromatic hydroxyl groups is 1. The quantitative estimate of drug-likeness (QED) is 0.272. The zero-order chi connectivity index (χ0) is 22.3. The summed E-state index contributed by atoms with van der Waals surface area (Å²) in [6.07, 6.45) is -1.14. The molecule has 1 aromatic carbocycles. The van der Waals surface area contributed by atoms with Crippen LogP contribution in [0.25, 0.3) is 6.08 Å². The van der Waals surface area contributed by atoms with Crippen molar-refractivity contribution in [2.24, 2.45) is 0 Å². The first kappa shape index (κ1) is 23.7. The Balaban J connectivity index is 2.04. The van der Waals surface area contributed by atoms with E-state index in [-0.39, 0.29) is 18.1 Å². The highest BCUT2D eigenvalue weighted by atomic mass is 16.6. The summed E-state index contributed by atoms with van der Waals surface area (Å²) in [6.45, 7) is 2.04. The van der Waals surface area contributed by atoms with Gasteiger partial charge in [0.15, 0.2) is 17.1 Å². The van der Waals surface area contributed by atoms with E-state index >= 15 is 0 Å². The maximum atomic E-state index is 12.2. The molecule has 9 nitrogen and oxygen atoms in total. The number of rotatable bonds is 8. The van der Waals surface area contributed by atoms with Crippen LogP contribution in [0.4, 0.5) is 0 Å². The van der Waals surface area contributed by atoms with Gasteiger partial charge in [0.2, 0.25) is 0 Å². The van der Waals surface area contributed by atoms with Gasteiger partial charge in [0.25, 0.3) is 0 Å². The molecule has 2 rings (SSSR count). The number of hydrogen-bond donors (Lipinski definition) is 4. The van der Waals surface area contributed by atoms with Gasteiger partial charge in [-0.25, -0.2) is 9.59 Å². The highest BCUT2D eigenvalue weighted by Crippen LogP contribution is 2.32. The Hall–Kier alpha value is -2.62. The molecule has 9 heteroatoms. The molecule has 1 aliphatic rings. The standard InChI is InChI=1S/C21H28O9/c1-3-4-9-29-20(26)21(27)11-15(23)19(25)17(12-21)30-18(24)8-6-13-5-7-14(22)16(10-13)28-2/h5-8,10,15,17,19,22-23,25,27H,3-4,9,11-12H2,1-2H3. The average Bonchev–Trinajstić information content (AvgIpc) is 2.71. The van der Waals surface area contributed by atoms with Crippen molar-refractivity contribution in [3.05, 3.63) is 29.8 Å². The van der Waals surface area contributed by atoms with Gasteiger partial charge in [-0.1, -0.05) is 19.4 Å². The third kappa shape index (κ3) is 5.94. The van der Waals surface area contributed by atoms with Crippen LogP contribution in [0.5, 0.6) is 11.5 Å². The van der Waals surface area contributed by atoms with Crippen molar-refractivity contribution in [1.82, 2.24) is 0 Å². The second-order valence-electron chi connectivity index (χ2n) is 7.23. The second kappa shape index (κ2) is 10.4. The van der Waals surface area contributed by atoms with Crippen LogP contribution in [0, 0.1) is 0 Å². The minimum atomic E-state index is -2.06. The topological polar surface area (TPSA) is 143 Å². The van der Waals surface area contributed by atoms with Gasteiger partial charge < -0.3 is 34.6 Å². The van der Waals surface area contributed by atoms with Gasteiger partial charge in [-0.3, -0.25) is 0 Å². The molecule has 166 valence electrons. The largest absolute Gasteiger partial charge is 0.504 e. The van der Waals surface area contributed by atoms with E-state index in [9.17, 15) is 30.0 Å². The van der Waals surface area contributed by atoms with Crippen molar-refractivity contribution in [3.63, 3.8) is 0 Å². The summed E-state index contributed by atoms with van der Waals surface area (Å²) in [5.74, 6) is -1.60. The van der Waals surface area contributed by atoms with E-state index < -0.39 is 48.7 Å². The molecule has 0 saturated heterocycles. The Kier molecular flexibility index (Phi) is 8.22. The number of hydrogen-bond acceptors (Lipinski definition) is 9. The first-order chi connectivity index (χ1) is 14.2. The lowest BCUT2D eigenvalue weighted by atomic mass is 9.79. The number of methoxy groups -OCH3 is 1. The molecule has 1 aliphatic carbocycles. The third-order valence-electron chi connectivity index (χ3n) is 4.86. The Morgan fingerprint density at radius 2 is 2.00 bits per heavy atom. The van der Waals surface area contributed by atoms with Crippen LogP contribution in [0.2, 0.25) is 0 Å². The number of phenols is 1. The van der Waals surface area contributed by atoms with E-state index in [4.69, 9.17) is 14.2 Å². The summed E-state index contributed by atoms with van der Waals surface area (Å²) in [5, 5.41) is 40.4. The Morgan fingerprint density at radius 1 is 1.27 bits per heavy atom. The maximum Gasteiger partial charge on any atom is 0.338 e. The predicted molar refractivity (Wildman–Crippen MR) is 106 cm³/mol. The van der Waals surface area contributed by atoms with Gasteiger partial charge in [0.1, 0.15) is 12.2 Å². The summed E-state index contributed by atoms with van der Waals surface area (Å²) >= 11 is 0. The molecule has 0 amide bonds. The molecule has 4 N–H and O–H groups in total. The van der Waals surface area contributed by atoms with Gasteiger partial charge in [-0.05, 0) is 30.2 Å². The molecule has 0 heterocycles. The van der Waals surface area contributed by atoms with Crippen molar-refractivity contribution >= 4 is 18.0 Å². The Bertz CT molecular complexity index is 776. The van der Waals surface area contributed by atoms with E-state index in [1.165, 1.54) is 25.3 Å². The molecule has 0 aliphatic heterocycles. The van der Waals surface area contributed by atoms with E-state index in [0.717, 1.165) is 12.5 Å². The lowest BCUT2D eigenvalue weighted by molar-refractivity contribution is -0.200. The van der Waals surface area contributed by atoms with Crippen LogP contribution in [0.15, 0.2) is 24.3 Å². The number of esters is 2. The SMILES string of the molecule is CCCCOC(=O)C1(O)CC(O)C(O)C(OC(=O)C=Cc2ccc(O)c(OC)c2)C1. The highest BCUT2D eigenvalue weighted by Gasteiger charge is 2.51. The number of aliphatic hydroxyl groups excluding tert-OH is 2. The summed E-state index contributed by atoms with van der Waals surface area (Å²) < 4.78 is 15.2. The van der Waals surface area contributed by atoms with Crippen LogP contribution in [0.3, 0.4) is 0 Å². The number of phenolic OH excluding ortho intramolecular Hbond substituents is 1. The first-order valence-corrected chi connectivity index (χ1v) is 9.71. The minimum absolute atomic E-state index is 0.0540. The van der Waals surface area contributed by atoms with E-state index in [0.29, 0.717) is 12.0 Å². The van der Waals surface area contributed by atoms with Gasteiger partial charge in [0, 0.05) is 18.9 Å². The fraction of sp³-hybridized carbons (Fsp3) is 0.524. The lowest BCUT2D eigenvalue weighted by Gasteiger charge is -2.39. The number of carbonyl (C=O) groups excluding carboxylic acids is 2. The van der Waals surface area contributed by atoms with E-state index in [2.05, 4.69) is 0 Å². The fourth-order valence-corrected chi connectivity index (χ4v) is 3.12. The predicted octanol–water partition coefficient (Wildman–Crippen LogP) is 0.916. The Morgan fingerprint density at radius 3 is 2.67 bits per heavy atom. The number of aliphatic hydroxyl groups is 3. The fourth-order valence-electron chi connectivity index (χ4n) is 3.12. The molecule has 1 saturated carbocycles. The van der Waals surface area contributed by atoms with Gasteiger partial charge in [0.05, 0.1) is 19.8 Å². The maximum absolute atomic E-state index is 12.2. The van der Waals surface area contributed by atoms with Crippen molar-refractivity contribution in [3.8, 4) is 11.5 Å². The molecule has 1 fully saturated rings. The molecule has 30 heavy (non-hydrogen) atoms. The van der Waals surface area contributed by atoms with Crippen LogP contribution in [-0.2, 0) is 19.1 Å². The van der Waals surface area contributed by atoms with Crippen LogP contribution < -0.4 is 4.74 Å². The number of benzene rings is 1. The molecule has 0 radical (unpaired) electrons. The summed E-state index contributed by atoms with van der Waals surface area (Å²) in [7, 11) is 1.39. The van der Waals surface area contributed by atoms with Crippen molar-refractivity contribution in [2.75, 3.05) is 13.7 Å². The molecule has 4 atom stereocenters. The highest BCUT2D eigenvalue weighted by molar-refractivity contribution is 5.87. The normalized spacial score (nSPS) is 26.4. The van der Waals surface area contributed by atoms with E-state index in [1.807, 2.05) is 6.92 Å². The molecular weight excluding hydrogens is 396 g/mol. The number of unbranched alkanes of at least 4 members (excludes halogenated alkanes) is 1. The molecular formula is C21H28O9. The molecule has 0 aromatic heterocycles. The van der Waals surface area contributed by atoms with Crippen molar-refractivity contribution in [2.45, 2.75) is 56.5 Å². The molecule has 0 bridgehead atoms. The summed E-state index contributed by atoms with van der Waals surface area (Å²) in [6, 6.07) is 4.45. The van der Waals surface area contributed by atoms with Crippen molar-refractivity contribution < 1.29 is 44.2 Å². The van der Waals surface area contributed by atoms with Crippen LogP contribution >= 0.6 is 0 Å².